The van der Waals surface area contributed by atoms with Gasteiger partial charge >= 0.3 is 0 Å². The first kappa shape index (κ1) is 37.3. The van der Waals surface area contributed by atoms with Crippen LogP contribution in [0.2, 0.25) is 0 Å². The molecule has 0 bridgehead atoms. The molecular weight excluding hydrogens is 775 g/mol. The van der Waals surface area contributed by atoms with Crippen LogP contribution >= 0.6 is 0 Å². The summed E-state index contributed by atoms with van der Waals surface area (Å²) in [6.07, 6.45) is 0. The predicted octanol–water partition coefficient (Wildman–Crippen LogP) is 17.7. The van der Waals surface area contributed by atoms with Crippen molar-refractivity contribution in [1.82, 2.24) is 0 Å². The molecule has 0 saturated heterocycles. The molecule has 1 heterocycles. The summed E-state index contributed by atoms with van der Waals surface area (Å²) in [5.41, 5.74) is 16.6. The number of furan rings is 1. The smallest absolute Gasteiger partial charge is 0.143 e. The van der Waals surface area contributed by atoms with Crippen LogP contribution in [0.25, 0.3) is 99.1 Å². The minimum absolute atomic E-state index is 0.892. The van der Waals surface area contributed by atoms with E-state index in [0.717, 1.165) is 61.3 Å². The van der Waals surface area contributed by atoms with Crippen LogP contribution in [0.1, 0.15) is 0 Å². The van der Waals surface area contributed by atoms with Crippen LogP contribution < -0.4 is 4.90 Å². The SMILES string of the molecule is c1ccc(-c2ccc(-c3ccc(N(c4cccc(-c5cccc6c5oc5ccccc56)c4)c4c(-c5ccc(-c6ccccc6)cc5)c5ccccc5c5ccccc45)cc3)cc2)cc1. The van der Waals surface area contributed by atoms with E-state index in [1.54, 1.807) is 0 Å². The molecule has 1 aromatic heterocycles. The van der Waals surface area contributed by atoms with Gasteiger partial charge in [0.25, 0.3) is 0 Å². The van der Waals surface area contributed by atoms with E-state index in [4.69, 9.17) is 4.42 Å². The van der Waals surface area contributed by atoms with Gasteiger partial charge in [0.15, 0.2) is 0 Å². The quantitative estimate of drug-likeness (QED) is 0.142. The number of benzene rings is 11. The Hall–Kier alpha value is -8.46. The Morgan fingerprint density at radius 3 is 1.33 bits per heavy atom. The van der Waals surface area contributed by atoms with Gasteiger partial charge < -0.3 is 9.32 Å². The van der Waals surface area contributed by atoms with Gasteiger partial charge in [-0.1, -0.05) is 218 Å². The average Bonchev–Trinajstić information content (AvgIpc) is 3.77. The van der Waals surface area contributed by atoms with E-state index >= 15 is 0 Å². The fourth-order valence-corrected chi connectivity index (χ4v) is 9.59. The predicted molar refractivity (Wildman–Crippen MR) is 271 cm³/mol. The van der Waals surface area contributed by atoms with E-state index in [2.05, 4.69) is 248 Å². The summed E-state index contributed by atoms with van der Waals surface area (Å²) in [5, 5.41) is 7.05. The number of hydrogen-bond acceptors (Lipinski definition) is 2. The molecule has 0 aliphatic carbocycles. The highest BCUT2D eigenvalue weighted by Gasteiger charge is 2.24. The highest BCUT2D eigenvalue weighted by atomic mass is 16.3. The third kappa shape index (κ3) is 6.52. The fourth-order valence-electron chi connectivity index (χ4n) is 9.59. The fraction of sp³-hybridized carbons (Fsp3) is 0. The van der Waals surface area contributed by atoms with Crippen LogP contribution in [0.4, 0.5) is 17.1 Å². The molecule has 0 unspecified atom stereocenters. The summed E-state index contributed by atoms with van der Waals surface area (Å²) < 4.78 is 6.61. The molecule has 0 spiro atoms. The molecule has 0 N–H and O–H groups in total. The number of fused-ring (bicyclic) bond motifs is 6. The highest BCUT2D eigenvalue weighted by molar-refractivity contribution is 6.22. The first-order valence-electron chi connectivity index (χ1n) is 21.9. The van der Waals surface area contributed by atoms with Crippen LogP contribution in [-0.2, 0) is 0 Å². The van der Waals surface area contributed by atoms with Gasteiger partial charge in [0.1, 0.15) is 11.2 Å². The molecule has 300 valence electrons. The minimum Gasteiger partial charge on any atom is -0.455 e. The number of rotatable bonds is 8. The lowest BCUT2D eigenvalue weighted by Gasteiger charge is -2.31. The van der Waals surface area contributed by atoms with Gasteiger partial charge in [-0.25, -0.2) is 0 Å². The van der Waals surface area contributed by atoms with Crippen LogP contribution in [0.15, 0.2) is 253 Å². The zero-order valence-corrected chi connectivity index (χ0v) is 35.0. The topological polar surface area (TPSA) is 16.4 Å². The Kier molecular flexibility index (Phi) is 9.20. The lowest BCUT2D eigenvalue weighted by atomic mass is 9.89. The molecule has 0 saturated carbocycles. The van der Waals surface area contributed by atoms with Gasteiger partial charge in [-0.2, -0.15) is 0 Å². The largest absolute Gasteiger partial charge is 0.455 e. The molecule has 0 fully saturated rings. The summed E-state index contributed by atoms with van der Waals surface area (Å²) in [6.45, 7) is 0. The van der Waals surface area contributed by atoms with Gasteiger partial charge in [0, 0.05) is 38.7 Å². The van der Waals surface area contributed by atoms with Crippen molar-refractivity contribution in [2.24, 2.45) is 0 Å². The van der Waals surface area contributed by atoms with Gasteiger partial charge in [0.05, 0.1) is 5.69 Å². The van der Waals surface area contributed by atoms with Crippen LogP contribution in [0.5, 0.6) is 0 Å². The van der Waals surface area contributed by atoms with Gasteiger partial charge in [-0.15, -0.1) is 0 Å². The molecule has 2 heteroatoms. The van der Waals surface area contributed by atoms with Crippen LogP contribution in [0, 0.1) is 0 Å². The number of anilines is 3. The molecule has 12 aromatic rings. The molecule has 12 rings (SSSR count). The summed E-state index contributed by atoms with van der Waals surface area (Å²) >= 11 is 0. The molecule has 64 heavy (non-hydrogen) atoms. The van der Waals surface area contributed by atoms with Crippen molar-refractivity contribution in [3.63, 3.8) is 0 Å². The molecule has 0 aliphatic heterocycles. The van der Waals surface area contributed by atoms with Crippen molar-refractivity contribution in [2.75, 3.05) is 4.90 Å². The summed E-state index contributed by atoms with van der Waals surface area (Å²) in [6, 6.07) is 89.7. The van der Waals surface area contributed by atoms with Crippen LogP contribution in [0.3, 0.4) is 0 Å². The molecule has 2 nitrogen and oxygen atoms in total. The maximum Gasteiger partial charge on any atom is 0.143 e. The molecule has 0 aliphatic rings. The van der Waals surface area contributed by atoms with E-state index in [9.17, 15) is 0 Å². The van der Waals surface area contributed by atoms with Crippen molar-refractivity contribution in [1.29, 1.82) is 0 Å². The Morgan fingerprint density at radius 1 is 0.266 bits per heavy atom. The minimum atomic E-state index is 0.892. The molecule has 0 atom stereocenters. The summed E-state index contributed by atoms with van der Waals surface area (Å²) in [4.78, 5) is 2.47. The number of hydrogen-bond donors (Lipinski definition) is 0. The zero-order chi connectivity index (χ0) is 42.4. The summed E-state index contributed by atoms with van der Waals surface area (Å²) in [7, 11) is 0. The normalized spacial score (nSPS) is 11.4. The van der Waals surface area contributed by atoms with Gasteiger partial charge in [0.2, 0.25) is 0 Å². The third-order valence-electron chi connectivity index (χ3n) is 12.7. The van der Waals surface area contributed by atoms with Crippen molar-refractivity contribution in [3.05, 3.63) is 249 Å². The maximum atomic E-state index is 6.61. The Labute approximate surface area is 372 Å². The van der Waals surface area contributed by atoms with E-state index < -0.39 is 0 Å². The Bertz CT molecular complexity index is 3630. The first-order valence-corrected chi connectivity index (χ1v) is 21.9. The standard InChI is InChI=1S/C62H41NO/c1-3-15-42(16-4-1)44-29-31-46(32-30-44)47-37-39-50(40-38-47)63(51-20-13-19-49(41-51)52-26-14-27-58-55-23-11-12-28-59(55)64-62(52)58)61-57-25-10-8-22-54(57)53-21-7-9-24-56(53)60(61)48-35-33-45(34-36-48)43-17-5-2-6-18-43/h1-41H. The second kappa shape index (κ2) is 15.8. The van der Waals surface area contributed by atoms with E-state index in [1.807, 2.05) is 6.07 Å². The highest BCUT2D eigenvalue weighted by Crippen LogP contribution is 2.50. The number of para-hydroxylation sites is 2. The molecule has 0 radical (unpaired) electrons. The monoisotopic (exact) mass is 815 g/mol. The Balaban J connectivity index is 1.08. The lowest BCUT2D eigenvalue weighted by molar-refractivity contribution is 0.670. The van der Waals surface area contributed by atoms with Crippen molar-refractivity contribution in [3.8, 4) is 55.6 Å². The Morgan fingerprint density at radius 2 is 0.703 bits per heavy atom. The van der Waals surface area contributed by atoms with Crippen molar-refractivity contribution < 1.29 is 4.42 Å². The summed E-state index contributed by atoms with van der Waals surface area (Å²) in [5.74, 6) is 0. The number of nitrogens with zero attached hydrogens (tertiary/aromatic N) is 1. The first-order chi connectivity index (χ1) is 31.7. The zero-order valence-electron chi connectivity index (χ0n) is 35.0. The molecule has 11 aromatic carbocycles. The van der Waals surface area contributed by atoms with Crippen molar-refractivity contribution in [2.45, 2.75) is 0 Å². The van der Waals surface area contributed by atoms with Gasteiger partial charge in [-0.05, 0) is 91.0 Å². The molecule has 0 amide bonds. The van der Waals surface area contributed by atoms with Gasteiger partial charge in [-0.3, -0.25) is 0 Å². The van der Waals surface area contributed by atoms with Crippen LogP contribution in [-0.4, -0.2) is 0 Å². The second-order valence-electron chi connectivity index (χ2n) is 16.4. The van der Waals surface area contributed by atoms with Crippen molar-refractivity contribution >= 4 is 60.5 Å². The average molecular weight is 816 g/mol. The maximum absolute atomic E-state index is 6.61. The second-order valence-corrected chi connectivity index (χ2v) is 16.4. The van der Waals surface area contributed by atoms with E-state index in [0.29, 0.717) is 0 Å². The lowest BCUT2D eigenvalue weighted by Crippen LogP contribution is -2.12. The molecular formula is C62H41NO. The van der Waals surface area contributed by atoms with E-state index in [-0.39, 0.29) is 0 Å². The third-order valence-corrected chi connectivity index (χ3v) is 12.7. The van der Waals surface area contributed by atoms with E-state index in [1.165, 1.54) is 54.9 Å².